The van der Waals surface area contributed by atoms with Crippen LogP contribution in [0.3, 0.4) is 0 Å². The molecule has 12 heavy (non-hydrogen) atoms. The lowest BCUT2D eigenvalue weighted by Gasteiger charge is -2.17. The molecular weight excluding hydrogens is 150 g/mol. The number of likely N-dealkylation sites (N-methyl/N-ethyl adjacent to an activating group) is 1. The van der Waals surface area contributed by atoms with Gasteiger partial charge in [-0.2, -0.15) is 5.10 Å². The highest BCUT2D eigenvalue weighted by Gasteiger charge is 2.06. The highest BCUT2D eigenvalue weighted by Crippen LogP contribution is 2.15. The zero-order valence-corrected chi connectivity index (χ0v) is 8.05. The first-order valence-electron chi connectivity index (χ1n) is 3.97. The van der Waals surface area contributed by atoms with Gasteiger partial charge in [0.15, 0.2) is 0 Å². The Morgan fingerprint density at radius 3 is 2.58 bits per heavy atom. The van der Waals surface area contributed by atoms with E-state index in [1.165, 1.54) is 11.3 Å². The van der Waals surface area contributed by atoms with Gasteiger partial charge in [-0.3, -0.25) is 5.43 Å². The third kappa shape index (κ3) is 1.67. The predicted molar refractivity (Wildman–Crippen MR) is 51.8 cm³/mol. The molecule has 1 rings (SSSR count). The van der Waals surface area contributed by atoms with Gasteiger partial charge < -0.3 is 4.90 Å². The molecule has 1 N–H and O–H groups in total. The van der Waals surface area contributed by atoms with Crippen molar-refractivity contribution >= 4 is 6.21 Å². The Kier molecular flexibility index (Phi) is 2.53. The summed E-state index contributed by atoms with van der Waals surface area (Å²) in [5.74, 6) is 0. The van der Waals surface area contributed by atoms with Gasteiger partial charge in [-0.05, 0) is 25.5 Å². The molecule has 0 bridgehead atoms. The minimum Gasteiger partial charge on any atom is -0.377 e. The third-order valence-electron chi connectivity index (χ3n) is 1.97. The number of nitrogens with zero attached hydrogens (tertiary/aromatic N) is 2. The molecule has 1 aliphatic rings. The van der Waals surface area contributed by atoms with E-state index < -0.39 is 0 Å². The summed E-state index contributed by atoms with van der Waals surface area (Å²) in [5.41, 5.74) is 6.48. The summed E-state index contributed by atoms with van der Waals surface area (Å²) >= 11 is 0. The highest BCUT2D eigenvalue weighted by atomic mass is 15.3. The SMILES string of the molecule is CC1=C(C)C(N(C)C)=CC=NN1. The molecule has 0 amide bonds. The second-order valence-corrected chi connectivity index (χ2v) is 3.09. The van der Waals surface area contributed by atoms with Gasteiger partial charge in [0, 0.05) is 31.7 Å². The summed E-state index contributed by atoms with van der Waals surface area (Å²) in [5, 5.41) is 4.00. The quantitative estimate of drug-likeness (QED) is 0.634. The van der Waals surface area contributed by atoms with E-state index in [-0.39, 0.29) is 0 Å². The Labute approximate surface area is 73.4 Å². The lowest BCUT2D eigenvalue weighted by molar-refractivity contribution is 0.520. The minimum absolute atomic E-state index is 1.10. The summed E-state index contributed by atoms with van der Waals surface area (Å²) in [7, 11) is 4.06. The molecular formula is C9H15N3. The number of allylic oxidation sites excluding steroid dienone is 3. The van der Waals surface area contributed by atoms with Crippen LogP contribution in [0.15, 0.2) is 28.1 Å². The fourth-order valence-electron chi connectivity index (χ4n) is 1.13. The van der Waals surface area contributed by atoms with Gasteiger partial charge in [-0.15, -0.1) is 0 Å². The van der Waals surface area contributed by atoms with Crippen molar-refractivity contribution in [3.63, 3.8) is 0 Å². The van der Waals surface area contributed by atoms with Crippen LogP contribution >= 0.6 is 0 Å². The molecule has 3 heteroatoms. The zero-order chi connectivity index (χ0) is 9.14. The molecule has 66 valence electrons. The number of hydrogen-bond donors (Lipinski definition) is 1. The van der Waals surface area contributed by atoms with Gasteiger partial charge in [0.1, 0.15) is 0 Å². The molecule has 0 unspecified atom stereocenters. The van der Waals surface area contributed by atoms with Crippen molar-refractivity contribution in [3.05, 3.63) is 23.0 Å². The van der Waals surface area contributed by atoms with E-state index in [1.54, 1.807) is 6.21 Å². The fraction of sp³-hybridized carbons (Fsp3) is 0.444. The van der Waals surface area contributed by atoms with Crippen LogP contribution in [0.4, 0.5) is 0 Å². The summed E-state index contributed by atoms with van der Waals surface area (Å²) < 4.78 is 0. The number of nitrogens with one attached hydrogen (secondary N) is 1. The molecule has 0 aromatic carbocycles. The maximum Gasteiger partial charge on any atom is 0.0492 e. The Morgan fingerprint density at radius 1 is 1.33 bits per heavy atom. The minimum atomic E-state index is 1.10. The molecule has 3 nitrogen and oxygen atoms in total. The molecule has 0 spiro atoms. The molecule has 1 heterocycles. The van der Waals surface area contributed by atoms with E-state index in [4.69, 9.17) is 0 Å². The average Bonchev–Trinajstić information content (AvgIpc) is 2.15. The van der Waals surface area contributed by atoms with Gasteiger partial charge in [-0.25, -0.2) is 0 Å². The van der Waals surface area contributed by atoms with Crippen LogP contribution in [-0.4, -0.2) is 25.2 Å². The van der Waals surface area contributed by atoms with Crippen molar-refractivity contribution in [1.82, 2.24) is 10.3 Å². The fourth-order valence-corrected chi connectivity index (χ4v) is 1.13. The lowest BCUT2D eigenvalue weighted by atomic mass is 10.1. The summed E-state index contributed by atoms with van der Waals surface area (Å²) in [4.78, 5) is 2.08. The molecule has 0 aromatic heterocycles. The van der Waals surface area contributed by atoms with Crippen LogP contribution in [0.25, 0.3) is 0 Å². The topological polar surface area (TPSA) is 27.6 Å². The Hall–Kier alpha value is -1.25. The van der Waals surface area contributed by atoms with Crippen LogP contribution in [-0.2, 0) is 0 Å². The first kappa shape index (κ1) is 8.84. The maximum absolute atomic E-state index is 4.00. The van der Waals surface area contributed by atoms with E-state index in [0.717, 1.165) is 5.70 Å². The van der Waals surface area contributed by atoms with Crippen LogP contribution in [0.1, 0.15) is 13.8 Å². The zero-order valence-electron chi connectivity index (χ0n) is 8.05. The van der Waals surface area contributed by atoms with Crippen LogP contribution < -0.4 is 5.43 Å². The maximum atomic E-state index is 4.00. The first-order valence-corrected chi connectivity index (χ1v) is 3.97. The van der Waals surface area contributed by atoms with E-state index in [9.17, 15) is 0 Å². The molecule has 0 radical (unpaired) electrons. The van der Waals surface area contributed by atoms with E-state index >= 15 is 0 Å². The van der Waals surface area contributed by atoms with Crippen molar-refractivity contribution in [2.45, 2.75) is 13.8 Å². The van der Waals surface area contributed by atoms with Crippen molar-refractivity contribution in [3.8, 4) is 0 Å². The normalized spacial score (nSPS) is 16.8. The summed E-state index contributed by atoms with van der Waals surface area (Å²) in [6, 6.07) is 0. The molecule has 0 saturated heterocycles. The van der Waals surface area contributed by atoms with Crippen molar-refractivity contribution in [2.24, 2.45) is 5.10 Å². The lowest BCUT2D eigenvalue weighted by Crippen LogP contribution is -2.14. The molecule has 0 saturated carbocycles. The number of hydrazone groups is 1. The highest BCUT2D eigenvalue weighted by molar-refractivity contribution is 5.74. The van der Waals surface area contributed by atoms with Crippen LogP contribution in [0.5, 0.6) is 0 Å². The Morgan fingerprint density at radius 2 is 2.00 bits per heavy atom. The molecule has 1 aliphatic heterocycles. The van der Waals surface area contributed by atoms with Gasteiger partial charge in [-0.1, -0.05) is 0 Å². The molecule has 0 aromatic rings. The predicted octanol–water partition coefficient (Wildman–Crippen LogP) is 1.31. The van der Waals surface area contributed by atoms with Crippen LogP contribution in [0.2, 0.25) is 0 Å². The molecule has 0 fully saturated rings. The third-order valence-corrected chi connectivity index (χ3v) is 1.97. The van der Waals surface area contributed by atoms with Gasteiger partial charge >= 0.3 is 0 Å². The van der Waals surface area contributed by atoms with Crippen molar-refractivity contribution in [2.75, 3.05) is 14.1 Å². The van der Waals surface area contributed by atoms with Crippen molar-refractivity contribution < 1.29 is 0 Å². The monoisotopic (exact) mass is 165 g/mol. The standard InChI is InChI=1S/C9H15N3/c1-7-8(2)11-10-6-5-9(7)12(3)4/h5-6,11H,1-4H3. The van der Waals surface area contributed by atoms with E-state index in [1.807, 2.05) is 27.1 Å². The summed E-state index contributed by atoms with van der Waals surface area (Å²) in [6.07, 6.45) is 3.77. The molecule has 0 atom stereocenters. The number of rotatable bonds is 1. The first-order chi connectivity index (χ1) is 5.63. The van der Waals surface area contributed by atoms with Crippen LogP contribution in [0, 0.1) is 0 Å². The van der Waals surface area contributed by atoms with Gasteiger partial charge in [0.25, 0.3) is 0 Å². The van der Waals surface area contributed by atoms with E-state index in [0.29, 0.717) is 0 Å². The number of hydrogen-bond acceptors (Lipinski definition) is 3. The largest absolute Gasteiger partial charge is 0.377 e. The molecule has 0 aliphatic carbocycles. The average molecular weight is 165 g/mol. The summed E-state index contributed by atoms with van der Waals surface area (Å²) in [6.45, 7) is 4.11. The van der Waals surface area contributed by atoms with E-state index in [2.05, 4.69) is 22.4 Å². The Balaban J connectivity index is 3.03. The second-order valence-electron chi connectivity index (χ2n) is 3.09. The second kappa shape index (κ2) is 3.43. The van der Waals surface area contributed by atoms with Crippen molar-refractivity contribution in [1.29, 1.82) is 0 Å². The Bertz CT molecular complexity index is 259. The van der Waals surface area contributed by atoms with Gasteiger partial charge in [0.2, 0.25) is 0 Å². The smallest absolute Gasteiger partial charge is 0.0492 e. The van der Waals surface area contributed by atoms with Gasteiger partial charge in [0.05, 0.1) is 0 Å².